The molecule has 1 aliphatic heterocycles. The van der Waals surface area contributed by atoms with E-state index in [0.717, 1.165) is 17.7 Å². The number of anilines is 1. The maximum atomic E-state index is 13.3. The first-order chi connectivity index (χ1) is 16.9. The van der Waals surface area contributed by atoms with E-state index in [4.69, 9.17) is 14.5 Å². The summed E-state index contributed by atoms with van der Waals surface area (Å²) in [5, 5.41) is 2.56. The number of ether oxygens (including phenoxy) is 2. The van der Waals surface area contributed by atoms with E-state index in [0.29, 0.717) is 47.4 Å². The molecular weight excluding hydrogens is 457 g/mol. The van der Waals surface area contributed by atoms with Crippen molar-refractivity contribution >= 4 is 11.6 Å². The molecule has 0 saturated carbocycles. The van der Waals surface area contributed by atoms with E-state index >= 15 is 0 Å². The Bertz CT molecular complexity index is 1400. The predicted octanol–water partition coefficient (Wildman–Crippen LogP) is 6.46. The highest BCUT2D eigenvalue weighted by Gasteiger charge is 2.34. The van der Waals surface area contributed by atoms with Gasteiger partial charge in [0.1, 0.15) is 13.2 Å². The van der Waals surface area contributed by atoms with Crippen LogP contribution in [0.15, 0.2) is 84.9 Å². The number of benzene rings is 3. The van der Waals surface area contributed by atoms with E-state index in [1.807, 2.05) is 42.5 Å². The van der Waals surface area contributed by atoms with Crippen LogP contribution in [0.25, 0.3) is 22.5 Å². The molecule has 0 fully saturated rings. The quantitative estimate of drug-likeness (QED) is 0.367. The van der Waals surface area contributed by atoms with E-state index in [2.05, 4.69) is 5.32 Å². The summed E-state index contributed by atoms with van der Waals surface area (Å²) in [7, 11) is 0. The topological polar surface area (TPSA) is 60.5 Å². The Morgan fingerprint density at radius 2 is 1.46 bits per heavy atom. The Balaban J connectivity index is 1.41. The maximum Gasteiger partial charge on any atom is 0.417 e. The van der Waals surface area contributed by atoms with Crippen LogP contribution in [0.2, 0.25) is 0 Å². The molecule has 1 aromatic heterocycles. The largest absolute Gasteiger partial charge is 0.486 e. The smallest absolute Gasteiger partial charge is 0.417 e. The first-order valence-electron chi connectivity index (χ1n) is 10.8. The number of alkyl halides is 3. The zero-order valence-electron chi connectivity index (χ0n) is 18.3. The van der Waals surface area contributed by atoms with Crippen molar-refractivity contribution in [2.24, 2.45) is 0 Å². The Kier molecular flexibility index (Phi) is 5.86. The second-order valence-electron chi connectivity index (χ2n) is 7.84. The maximum absolute atomic E-state index is 13.3. The van der Waals surface area contributed by atoms with E-state index < -0.39 is 23.2 Å². The van der Waals surface area contributed by atoms with Crippen molar-refractivity contribution in [3.8, 4) is 34.0 Å². The number of hydrogen-bond donors (Lipinski definition) is 1. The summed E-state index contributed by atoms with van der Waals surface area (Å²) in [5.74, 6) is 0.504. The summed E-state index contributed by atoms with van der Waals surface area (Å²) in [6, 6.07) is 22.7. The molecule has 0 radical (unpaired) electrons. The molecule has 0 atom stereocenters. The van der Waals surface area contributed by atoms with E-state index in [1.54, 1.807) is 18.2 Å². The molecule has 176 valence electrons. The molecule has 1 amide bonds. The van der Waals surface area contributed by atoms with E-state index in [1.165, 1.54) is 12.1 Å². The number of nitrogens with zero attached hydrogens (tertiary/aromatic N) is 1. The van der Waals surface area contributed by atoms with Gasteiger partial charge in [-0.05, 0) is 54.6 Å². The molecule has 0 unspecified atom stereocenters. The van der Waals surface area contributed by atoms with Gasteiger partial charge in [-0.3, -0.25) is 4.79 Å². The number of carbonyl (C=O) groups is 1. The molecule has 5 rings (SSSR count). The Hall–Kier alpha value is -4.33. The minimum atomic E-state index is -4.63. The number of amides is 1. The molecule has 1 N–H and O–H groups in total. The lowest BCUT2D eigenvalue weighted by Crippen LogP contribution is -2.18. The van der Waals surface area contributed by atoms with Gasteiger partial charge in [-0.1, -0.05) is 30.3 Å². The highest BCUT2D eigenvalue weighted by Crippen LogP contribution is 2.35. The molecule has 8 heteroatoms. The molecular formula is C27H19F3N2O3. The lowest BCUT2D eigenvalue weighted by Gasteiger charge is -2.18. The number of carbonyl (C=O) groups excluding carboxylic acids is 1. The van der Waals surface area contributed by atoms with Crippen LogP contribution in [0.5, 0.6) is 11.5 Å². The lowest BCUT2D eigenvalue weighted by atomic mass is 10.1. The molecule has 0 bridgehead atoms. The average molecular weight is 476 g/mol. The highest BCUT2D eigenvalue weighted by atomic mass is 19.4. The molecule has 5 nitrogen and oxygen atoms in total. The summed E-state index contributed by atoms with van der Waals surface area (Å²) in [4.78, 5) is 17.4. The first kappa shape index (κ1) is 22.5. The van der Waals surface area contributed by atoms with Gasteiger partial charge in [-0.15, -0.1) is 0 Å². The van der Waals surface area contributed by atoms with Crippen LogP contribution in [-0.4, -0.2) is 24.1 Å². The van der Waals surface area contributed by atoms with Crippen LogP contribution in [0.1, 0.15) is 15.9 Å². The third-order valence-electron chi connectivity index (χ3n) is 5.48. The Morgan fingerprint density at radius 3 is 2.23 bits per heavy atom. The number of nitrogens with one attached hydrogen (secondary N) is 1. The number of fused-ring (bicyclic) bond motifs is 1. The predicted molar refractivity (Wildman–Crippen MR) is 125 cm³/mol. The second-order valence-corrected chi connectivity index (χ2v) is 7.84. The van der Waals surface area contributed by atoms with Crippen LogP contribution >= 0.6 is 0 Å². The van der Waals surface area contributed by atoms with Gasteiger partial charge < -0.3 is 14.8 Å². The van der Waals surface area contributed by atoms with Gasteiger partial charge in [0, 0.05) is 16.8 Å². The number of pyridine rings is 1. The lowest BCUT2D eigenvalue weighted by molar-refractivity contribution is -0.137. The van der Waals surface area contributed by atoms with Gasteiger partial charge >= 0.3 is 6.18 Å². The molecule has 0 aliphatic carbocycles. The molecule has 35 heavy (non-hydrogen) atoms. The molecule has 2 heterocycles. The van der Waals surface area contributed by atoms with Crippen molar-refractivity contribution in [3.63, 3.8) is 0 Å². The number of hydrogen-bond acceptors (Lipinski definition) is 4. The van der Waals surface area contributed by atoms with Crippen molar-refractivity contribution in [2.75, 3.05) is 18.5 Å². The first-order valence-corrected chi connectivity index (χ1v) is 10.8. The van der Waals surface area contributed by atoms with Gasteiger partial charge in [-0.2, -0.15) is 13.2 Å². The van der Waals surface area contributed by atoms with Crippen LogP contribution in [0.3, 0.4) is 0 Å². The molecule has 1 aliphatic rings. The standard InChI is InChI=1S/C27H19F3N2O3/c28-27(29,30)21-8-2-1-7-20(21)26(33)31-19-6-3-5-17(15-19)22-9-4-10-23(32-22)18-11-12-24-25(16-18)35-14-13-34-24/h1-12,15-16H,13-14H2,(H,31,33). The third kappa shape index (κ3) is 4.82. The molecule has 0 saturated heterocycles. The summed E-state index contributed by atoms with van der Waals surface area (Å²) in [5.41, 5.74) is 1.84. The van der Waals surface area contributed by atoms with E-state index in [9.17, 15) is 18.0 Å². The number of aromatic nitrogens is 1. The van der Waals surface area contributed by atoms with Gasteiger partial charge in [0.25, 0.3) is 5.91 Å². The second kappa shape index (κ2) is 9.13. The SMILES string of the molecule is O=C(Nc1cccc(-c2cccc(-c3ccc4c(c3)OCCO4)n2)c1)c1ccccc1C(F)(F)F. The zero-order chi connectivity index (χ0) is 24.4. The fourth-order valence-corrected chi connectivity index (χ4v) is 3.84. The van der Waals surface area contributed by atoms with Crippen LogP contribution in [0.4, 0.5) is 18.9 Å². The summed E-state index contributed by atoms with van der Waals surface area (Å²) in [6.07, 6.45) is -4.63. The monoisotopic (exact) mass is 476 g/mol. The normalized spacial score (nSPS) is 12.8. The van der Waals surface area contributed by atoms with Crippen LogP contribution < -0.4 is 14.8 Å². The summed E-state index contributed by atoms with van der Waals surface area (Å²) >= 11 is 0. The minimum Gasteiger partial charge on any atom is -0.486 e. The summed E-state index contributed by atoms with van der Waals surface area (Å²) < 4.78 is 51.1. The minimum absolute atomic E-state index is 0.357. The number of halogens is 3. The van der Waals surface area contributed by atoms with Gasteiger partial charge in [-0.25, -0.2) is 4.98 Å². The average Bonchev–Trinajstić information content (AvgIpc) is 2.88. The van der Waals surface area contributed by atoms with Gasteiger partial charge in [0.2, 0.25) is 0 Å². The fraction of sp³-hybridized carbons (Fsp3) is 0.111. The summed E-state index contributed by atoms with van der Waals surface area (Å²) in [6.45, 7) is 0.991. The fourth-order valence-electron chi connectivity index (χ4n) is 3.84. The molecule has 0 spiro atoms. The van der Waals surface area contributed by atoms with Crippen LogP contribution in [-0.2, 0) is 6.18 Å². The third-order valence-corrected chi connectivity index (χ3v) is 5.48. The van der Waals surface area contributed by atoms with E-state index in [-0.39, 0.29) is 0 Å². The van der Waals surface area contributed by atoms with Crippen molar-refractivity contribution < 1.29 is 27.4 Å². The van der Waals surface area contributed by atoms with Crippen LogP contribution in [0, 0.1) is 0 Å². The van der Waals surface area contributed by atoms with Gasteiger partial charge in [0.15, 0.2) is 11.5 Å². The van der Waals surface area contributed by atoms with Crippen molar-refractivity contribution in [1.29, 1.82) is 0 Å². The Morgan fingerprint density at radius 1 is 0.771 bits per heavy atom. The van der Waals surface area contributed by atoms with Crippen molar-refractivity contribution in [2.45, 2.75) is 6.18 Å². The van der Waals surface area contributed by atoms with Crippen molar-refractivity contribution in [3.05, 3.63) is 96.1 Å². The zero-order valence-corrected chi connectivity index (χ0v) is 18.3. The molecule has 3 aromatic carbocycles. The Labute approximate surface area is 199 Å². The molecule has 4 aromatic rings. The van der Waals surface area contributed by atoms with Crippen molar-refractivity contribution in [1.82, 2.24) is 4.98 Å². The number of rotatable bonds is 4. The van der Waals surface area contributed by atoms with Gasteiger partial charge in [0.05, 0.1) is 22.5 Å². The highest BCUT2D eigenvalue weighted by molar-refractivity contribution is 6.05.